The zero-order valence-corrected chi connectivity index (χ0v) is 15.0. The molecule has 0 aliphatic carbocycles. The van der Waals surface area contributed by atoms with Gasteiger partial charge in [0.2, 0.25) is 0 Å². The summed E-state index contributed by atoms with van der Waals surface area (Å²) in [6.45, 7) is 4.50. The monoisotopic (exact) mass is 348 g/mol. The number of piperidine rings is 3. The molecule has 3 heterocycles. The summed E-state index contributed by atoms with van der Waals surface area (Å²) in [4.78, 5) is 27.6. The van der Waals surface area contributed by atoms with Gasteiger partial charge in [-0.1, -0.05) is 42.5 Å². The highest BCUT2D eigenvalue weighted by Gasteiger charge is 2.40. The smallest absolute Gasteiger partial charge is 0.251 e. The number of amides is 1. The summed E-state index contributed by atoms with van der Waals surface area (Å²) in [5, 5.41) is 3.23. The van der Waals surface area contributed by atoms with E-state index in [0.29, 0.717) is 28.7 Å². The second-order valence-electron chi connectivity index (χ2n) is 7.39. The van der Waals surface area contributed by atoms with Crippen molar-refractivity contribution in [2.24, 2.45) is 5.92 Å². The van der Waals surface area contributed by atoms with Gasteiger partial charge in [0.05, 0.1) is 0 Å². The fourth-order valence-electron chi connectivity index (χ4n) is 4.31. The minimum Gasteiger partial charge on any atom is -0.347 e. The van der Waals surface area contributed by atoms with E-state index in [1.54, 1.807) is 36.4 Å². The lowest BCUT2D eigenvalue weighted by atomic mass is 9.79. The molecule has 3 fully saturated rings. The molecule has 0 unspecified atom stereocenters. The highest BCUT2D eigenvalue weighted by Crippen LogP contribution is 2.32. The molecule has 0 saturated carbocycles. The largest absolute Gasteiger partial charge is 0.347 e. The molecule has 1 amide bonds. The maximum absolute atomic E-state index is 12.7. The SMILES string of the molecule is C[C@H]1[C@H](NC(=O)c2ccc(C(=O)c3ccccc3)cc2)C2CCN1CC2. The van der Waals surface area contributed by atoms with Crippen LogP contribution in [0.25, 0.3) is 0 Å². The van der Waals surface area contributed by atoms with Crippen LogP contribution < -0.4 is 5.32 Å². The van der Waals surface area contributed by atoms with Gasteiger partial charge in [0.15, 0.2) is 5.78 Å². The van der Waals surface area contributed by atoms with Crippen LogP contribution in [0.5, 0.6) is 0 Å². The fraction of sp³-hybridized carbons (Fsp3) is 0.364. The molecule has 4 heteroatoms. The normalized spacial score (nSPS) is 27.1. The topological polar surface area (TPSA) is 49.4 Å². The van der Waals surface area contributed by atoms with Crippen LogP contribution in [0.4, 0.5) is 0 Å². The molecule has 3 aliphatic rings. The molecule has 2 atom stereocenters. The highest BCUT2D eigenvalue weighted by molar-refractivity contribution is 6.09. The lowest BCUT2D eigenvalue weighted by Crippen LogP contribution is -2.62. The van der Waals surface area contributed by atoms with Crippen molar-refractivity contribution >= 4 is 11.7 Å². The van der Waals surface area contributed by atoms with Crippen molar-refractivity contribution in [3.63, 3.8) is 0 Å². The van der Waals surface area contributed by atoms with Crippen molar-refractivity contribution in [3.8, 4) is 0 Å². The van der Waals surface area contributed by atoms with Crippen LogP contribution in [-0.2, 0) is 0 Å². The Bertz CT molecular complexity index is 791. The Hall–Kier alpha value is -2.46. The third-order valence-electron chi connectivity index (χ3n) is 5.92. The summed E-state index contributed by atoms with van der Waals surface area (Å²) in [6.07, 6.45) is 2.33. The zero-order chi connectivity index (χ0) is 18.1. The number of hydrogen-bond acceptors (Lipinski definition) is 3. The molecule has 2 aromatic carbocycles. The molecule has 3 saturated heterocycles. The molecule has 0 spiro atoms. The molecule has 4 nitrogen and oxygen atoms in total. The van der Waals surface area contributed by atoms with Crippen LogP contribution >= 0.6 is 0 Å². The van der Waals surface area contributed by atoms with E-state index in [0.717, 1.165) is 13.1 Å². The van der Waals surface area contributed by atoms with Crippen LogP contribution in [0.1, 0.15) is 46.0 Å². The summed E-state index contributed by atoms with van der Waals surface area (Å²) in [5.74, 6) is 0.510. The molecule has 0 aromatic heterocycles. The first-order valence-corrected chi connectivity index (χ1v) is 9.38. The quantitative estimate of drug-likeness (QED) is 0.864. The van der Waals surface area contributed by atoms with E-state index in [1.807, 2.05) is 18.2 Å². The summed E-state index contributed by atoms with van der Waals surface area (Å²) in [7, 11) is 0. The van der Waals surface area contributed by atoms with Crippen molar-refractivity contribution in [2.75, 3.05) is 13.1 Å². The lowest BCUT2D eigenvalue weighted by molar-refractivity contribution is 0.0217. The first-order chi connectivity index (χ1) is 12.6. The molecule has 2 bridgehead atoms. The van der Waals surface area contributed by atoms with E-state index in [-0.39, 0.29) is 17.7 Å². The molecular formula is C22H24N2O2. The lowest BCUT2D eigenvalue weighted by Gasteiger charge is -2.49. The molecule has 3 aliphatic heterocycles. The van der Waals surface area contributed by atoms with Crippen LogP contribution in [0.15, 0.2) is 54.6 Å². The van der Waals surface area contributed by atoms with Gasteiger partial charge in [-0.3, -0.25) is 14.5 Å². The van der Waals surface area contributed by atoms with Crippen molar-refractivity contribution in [1.82, 2.24) is 10.2 Å². The highest BCUT2D eigenvalue weighted by atomic mass is 16.1. The van der Waals surface area contributed by atoms with Crippen LogP contribution in [0, 0.1) is 5.92 Å². The summed E-state index contributed by atoms with van der Waals surface area (Å²) >= 11 is 0. The number of carbonyl (C=O) groups excluding carboxylic acids is 2. The average molecular weight is 348 g/mol. The Balaban J connectivity index is 1.45. The first-order valence-electron chi connectivity index (χ1n) is 9.38. The fourth-order valence-corrected chi connectivity index (χ4v) is 4.31. The number of ketones is 1. The van der Waals surface area contributed by atoms with E-state index < -0.39 is 0 Å². The Morgan fingerprint density at radius 2 is 1.46 bits per heavy atom. The predicted octanol–water partition coefficient (Wildman–Crippen LogP) is 3.13. The van der Waals surface area contributed by atoms with Gasteiger partial charge in [0.25, 0.3) is 5.91 Å². The number of nitrogens with zero attached hydrogens (tertiary/aromatic N) is 1. The van der Waals surface area contributed by atoms with Crippen LogP contribution in [0.2, 0.25) is 0 Å². The number of nitrogens with one attached hydrogen (secondary N) is 1. The molecule has 26 heavy (non-hydrogen) atoms. The van der Waals surface area contributed by atoms with Crippen molar-refractivity contribution in [1.29, 1.82) is 0 Å². The number of rotatable bonds is 4. The maximum atomic E-state index is 12.7. The molecule has 5 rings (SSSR count). The van der Waals surface area contributed by atoms with Crippen LogP contribution in [0.3, 0.4) is 0 Å². The van der Waals surface area contributed by atoms with E-state index in [1.165, 1.54) is 12.8 Å². The molecular weight excluding hydrogens is 324 g/mol. The Morgan fingerprint density at radius 3 is 2.08 bits per heavy atom. The third kappa shape index (κ3) is 3.17. The second-order valence-corrected chi connectivity index (χ2v) is 7.39. The number of benzene rings is 2. The van der Waals surface area contributed by atoms with Gasteiger partial charge in [-0.25, -0.2) is 0 Å². The number of fused-ring (bicyclic) bond motifs is 3. The van der Waals surface area contributed by atoms with Gasteiger partial charge < -0.3 is 5.32 Å². The average Bonchev–Trinajstić information content (AvgIpc) is 2.71. The number of carbonyl (C=O) groups is 2. The first kappa shape index (κ1) is 17.0. The summed E-state index contributed by atoms with van der Waals surface area (Å²) in [5.41, 5.74) is 1.87. The Morgan fingerprint density at radius 1 is 0.885 bits per heavy atom. The zero-order valence-electron chi connectivity index (χ0n) is 15.0. The standard InChI is InChI=1S/C22H24N2O2/c1-15-20(16-11-13-24(15)14-12-16)23-22(26)19-9-7-18(8-10-19)21(25)17-5-3-2-4-6-17/h2-10,15-16,20H,11-14H2,1H3,(H,23,26)/t15-,20-/m0/s1. The van der Waals surface area contributed by atoms with Gasteiger partial charge in [-0.15, -0.1) is 0 Å². The minimum atomic E-state index is -0.0469. The molecule has 134 valence electrons. The van der Waals surface area contributed by atoms with E-state index in [9.17, 15) is 9.59 Å². The molecule has 0 radical (unpaired) electrons. The van der Waals surface area contributed by atoms with Crippen LogP contribution in [-0.4, -0.2) is 41.8 Å². The van der Waals surface area contributed by atoms with Crippen molar-refractivity contribution < 1.29 is 9.59 Å². The Kier molecular flexibility index (Phi) is 4.60. The third-order valence-corrected chi connectivity index (χ3v) is 5.92. The van der Waals surface area contributed by atoms with Crippen molar-refractivity contribution in [3.05, 3.63) is 71.3 Å². The van der Waals surface area contributed by atoms with E-state index in [4.69, 9.17) is 0 Å². The van der Waals surface area contributed by atoms with Gasteiger partial charge in [0.1, 0.15) is 0 Å². The Labute approximate surface area is 154 Å². The van der Waals surface area contributed by atoms with E-state index >= 15 is 0 Å². The summed E-state index contributed by atoms with van der Waals surface area (Å²) < 4.78 is 0. The molecule has 2 aromatic rings. The van der Waals surface area contributed by atoms with Gasteiger partial charge >= 0.3 is 0 Å². The second kappa shape index (κ2) is 7.04. The van der Waals surface area contributed by atoms with E-state index in [2.05, 4.69) is 17.1 Å². The maximum Gasteiger partial charge on any atom is 0.251 e. The summed E-state index contributed by atoms with van der Waals surface area (Å²) in [6, 6.07) is 16.8. The van der Waals surface area contributed by atoms with Gasteiger partial charge in [0, 0.05) is 28.8 Å². The minimum absolute atomic E-state index is 0.0245. The predicted molar refractivity (Wildman–Crippen MR) is 101 cm³/mol. The van der Waals surface area contributed by atoms with Crippen molar-refractivity contribution in [2.45, 2.75) is 31.8 Å². The van der Waals surface area contributed by atoms with Gasteiger partial charge in [-0.2, -0.15) is 0 Å². The van der Waals surface area contributed by atoms with Gasteiger partial charge in [-0.05, 0) is 50.9 Å². The number of hydrogen-bond donors (Lipinski definition) is 1. The molecule has 1 N–H and O–H groups in total.